The second-order valence-electron chi connectivity index (χ2n) is 5.93. The molecule has 17 heavy (non-hydrogen) atoms. The zero-order chi connectivity index (χ0) is 12.1. The first-order valence-electron chi connectivity index (χ1n) is 7.55. The minimum absolute atomic E-state index is 0.447. The van der Waals surface area contributed by atoms with Crippen molar-refractivity contribution in [3.05, 3.63) is 0 Å². The van der Waals surface area contributed by atoms with Gasteiger partial charge in [0.15, 0.2) is 0 Å². The molecule has 1 nitrogen and oxygen atoms in total. The first-order chi connectivity index (χ1) is 8.29. The largest absolute Gasteiger partial charge is 0.378 e. The lowest BCUT2D eigenvalue weighted by Gasteiger charge is -2.32. The number of ether oxygens (including phenoxy) is 1. The molecule has 4 unspecified atom stereocenters. The van der Waals surface area contributed by atoms with Crippen LogP contribution >= 0.6 is 11.6 Å². The standard InChI is InChI=1S/C15H27ClO/c1-2-12-8-9-15(16)13(11-12)5-3-6-14-7-4-10-17-14/h12-15H,2-11H2,1H3. The van der Waals surface area contributed by atoms with Crippen LogP contribution < -0.4 is 0 Å². The molecule has 1 heterocycles. The van der Waals surface area contributed by atoms with E-state index in [0.29, 0.717) is 11.5 Å². The average Bonchev–Trinajstić information content (AvgIpc) is 2.84. The summed E-state index contributed by atoms with van der Waals surface area (Å²) in [5.41, 5.74) is 0. The van der Waals surface area contributed by atoms with Crippen LogP contribution in [0.2, 0.25) is 0 Å². The van der Waals surface area contributed by atoms with E-state index in [9.17, 15) is 0 Å². The van der Waals surface area contributed by atoms with Crippen LogP contribution in [0.5, 0.6) is 0 Å². The van der Waals surface area contributed by atoms with Crippen molar-refractivity contribution in [2.24, 2.45) is 11.8 Å². The van der Waals surface area contributed by atoms with Crippen LogP contribution in [0.15, 0.2) is 0 Å². The van der Waals surface area contributed by atoms with Crippen LogP contribution in [0, 0.1) is 11.8 Å². The number of alkyl halides is 1. The highest BCUT2D eigenvalue weighted by Gasteiger charge is 2.28. The quantitative estimate of drug-likeness (QED) is 0.646. The zero-order valence-electron chi connectivity index (χ0n) is 11.2. The van der Waals surface area contributed by atoms with E-state index in [2.05, 4.69) is 6.92 Å². The van der Waals surface area contributed by atoms with Crippen molar-refractivity contribution >= 4 is 11.6 Å². The van der Waals surface area contributed by atoms with Gasteiger partial charge in [-0.3, -0.25) is 0 Å². The maximum Gasteiger partial charge on any atom is 0.0576 e. The van der Waals surface area contributed by atoms with Crippen LogP contribution in [0.4, 0.5) is 0 Å². The Kier molecular flexibility index (Phi) is 5.62. The van der Waals surface area contributed by atoms with E-state index >= 15 is 0 Å². The molecule has 0 aromatic rings. The summed E-state index contributed by atoms with van der Waals surface area (Å²) in [6.07, 6.45) is 12.3. The molecule has 1 aliphatic carbocycles. The minimum Gasteiger partial charge on any atom is -0.378 e. The lowest BCUT2D eigenvalue weighted by molar-refractivity contribution is 0.0994. The van der Waals surface area contributed by atoms with E-state index in [0.717, 1.165) is 18.4 Å². The maximum absolute atomic E-state index is 6.47. The van der Waals surface area contributed by atoms with Gasteiger partial charge < -0.3 is 4.74 Å². The van der Waals surface area contributed by atoms with E-state index in [1.807, 2.05) is 0 Å². The van der Waals surface area contributed by atoms with E-state index < -0.39 is 0 Å². The molecule has 0 radical (unpaired) electrons. The van der Waals surface area contributed by atoms with E-state index in [-0.39, 0.29) is 0 Å². The predicted molar refractivity (Wildman–Crippen MR) is 73.6 cm³/mol. The molecule has 4 atom stereocenters. The summed E-state index contributed by atoms with van der Waals surface area (Å²) in [6, 6.07) is 0. The molecule has 0 spiro atoms. The smallest absolute Gasteiger partial charge is 0.0576 e. The highest BCUT2D eigenvalue weighted by Crippen LogP contribution is 2.37. The van der Waals surface area contributed by atoms with Crippen molar-refractivity contribution in [2.45, 2.75) is 76.2 Å². The van der Waals surface area contributed by atoms with Crippen LogP contribution in [-0.4, -0.2) is 18.1 Å². The third kappa shape index (κ3) is 4.13. The molecular weight excluding hydrogens is 232 g/mol. The lowest BCUT2D eigenvalue weighted by atomic mass is 9.77. The molecule has 2 rings (SSSR count). The molecular formula is C15H27ClO. The molecule has 1 aliphatic heterocycles. The predicted octanol–water partition coefficient (Wildman–Crippen LogP) is 4.77. The zero-order valence-corrected chi connectivity index (χ0v) is 11.9. The Balaban J connectivity index is 1.65. The van der Waals surface area contributed by atoms with E-state index in [1.165, 1.54) is 57.8 Å². The summed E-state index contributed by atoms with van der Waals surface area (Å²) in [6.45, 7) is 3.31. The molecule has 0 aromatic heterocycles. The van der Waals surface area contributed by atoms with Crippen molar-refractivity contribution in [3.8, 4) is 0 Å². The Morgan fingerprint density at radius 1 is 1.18 bits per heavy atom. The SMILES string of the molecule is CCC1CCC(Cl)C(CCCC2CCCO2)C1. The topological polar surface area (TPSA) is 9.23 Å². The molecule has 2 heteroatoms. The molecule has 1 saturated carbocycles. The third-order valence-electron chi connectivity index (χ3n) is 4.70. The van der Waals surface area contributed by atoms with Gasteiger partial charge in [0.05, 0.1) is 6.10 Å². The number of halogens is 1. The monoisotopic (exact) mass is 258 g/mol. The second kappa shape index (κ2) is 6.99. The third-order valence-corrected chi connectivity index (χ3v) is 5.28. The minimum atomic E-state index is 0.447. The van der Waals surface area contributed by atoms with Crippen molar-refractivity contribution in [1.82, 2.24) is 0 Å². The summed E-state index contributed by atoms with van der Waals surface area (Å²) in [5, 5.41) is 0.447. The van der Waals surface area contributed by atoms with Gasteiger partial charge in [0.25, 0.3) is 0 Å². The maximum atomic E-state index is 6.47. The molecule has 100 valence electrons. The Bertz CT molecular complexity index is 213. The van der Waals surface area contributed by atoms with Gasteiger partial charge in [-0.2, -0.15) is 0 Å². The fourth-order valence-electron chi connectivity index (χ4n) is 3.47. The first kappa shape index (κ1) is 13.7. The molecule has 1 saturated heterocycles. The van der Waals surface area contributed by atoms with Gasteiger partial charge in [-0.05, 0) is 56.8 Å². The fourth-order valence-corrected chi connectivity index (χ4v) is 3.83. The lowest BCUT2D eigenvalue weighted by Crippen LogP contribution is -2.25. The number of hydrogen-bond donors (Lipinski definition) is 0. The van der Waals surface area contributed by atoms with Gasteiger partial charge in [0, 0.05) is 12.0 Å². The summed E-state index contributed by atoms with van der Waals surface area (Å²) in [5.74, 6) is 1.72. The van der Waals surface area contributed by atoms with E-state index in [4.69, 9.17) is 16.3 Å². The highest BCUT2D eigenvalue weighted by atomic mass is 35.5. The Morgan fingerprint density at radius 2 is 2.06 bits per heavy atom. The summed E-state index contributed by atoms with van der Waals surface area (Å²) in [4.78, 5) is 0. The normalized spacial score (nSPS) is 38.5. The number of rotatable bonds is 5. The van der Waals surface area contributed by atoms with Gasteiger partial charge in [-0.15, -0.1) is 11.6 Å². The van der Waals surface area contributed by atoms with Gasteiger partial charge in [0.2, 0.25) is 0 Å². The average molecular weight is 259 g/mol. The van der Waals surface area contributed by atoms with Crippen LogP contribution in [0.1, 0.15) is 64.7 Å². The Labute approximate surface area is 111 Å². The second-order valence-corrected chi connectivity index (χ2v) is 6.49. The molecule has 0 amide bonds. The Hall–Kier alpha value is 0.250. The molecule has 0 N–H and O–H groups in total. The van der Waals surface area contributed by atoms with Crippen LogP contribution in [0.3, 0.4) is 0 Å². The highest BCUT2D eigenvalue weighted by molar-refractivity contribution is 6.20. The van der Waals surface area contributed by atoms with Crippen LogP contribution in [0.25, 0.3) is 0 Å². The van der Waals surface area contributed by atoms with Gasteiger partial charge in [0.1, 0.15) is 0 Å². The van der Waals surface area contributed by atoms with Gasteiger partial charge in [-0.25, -0.2) is 0 Å². The summed E-state index contributed by atoms with van der Waals surface area (Å²) >= 11 is 6.47. The molecule has 2 fully saturated rings. The first-order valence-corrected chi connectivity index (χ1v) is 7.99. The van der Waals surface area contributed by atoms with Crippen molar-refractivity contribution in [1.29, 1.82) is 0 Å². The van der Waals surface area contributed by atoms with Gasteiger partial charge >= 0.3 is 0 Å². The molecule has 0 bridgehead atoms. The van der Waals surface area contributed by atoms with Gasteiger partial charge in [-0.1, -0.05) is 19.8 Å². The van der Waals surface area contributed by atoms with E-state index in [1.54, 1.807) is 0 Å². The summed E-state index contributed by atoms with van der Waals surface area (Å²) < 4.78 is 5.68. The van der Waals surface area contributed by atoms with Crippen molar-refractivity contribution < 1.29 is 4.74 Å². The fraction of sp³-hybridized carbons (Fsp3) is 1.00. The van der Waals surface area contributed by atoms with Crippen LogP contribution in [-0.2, 0) is 4.74 Å². The molecule has 2 aliphatic rings. The molecule has 0 aromatic carbocycles. The van der Waals surface area contributed by atoms with Crippen molar-refractivity contribution in [2.75, 3.05) is 6.61 Å². The summed E-state index contributed by atoms with van der Waals surface area (Å²) in [7, 11) is 0. The number of hydrogen-bond acceptors (Lipinski definition) is 1. The van der Waals surface area contributed by atoms with Crippen molar-refractivity contribution in [3.63, 3.8) is 0 Å². The Morgan fingerprint density at radius 3 is 2.76 bits per heavy atom.